The third-order valence-electron chi connectivity index (χ3n) is 4.56. The molecule has 1 heterocycles. The van der Waals surface area contributed by atoms with Crippen LogP contribution in [-0.4, -0.2) is 60.9 Å². The first-order valence-electron chi connectivity index (χ1n) is 9.44. The van der Waals surface area contributed by atoms with Crippen LogP contribution in [0.1, 0.15) is 33.1 Å². The van der Waals surface area contributed by atoms with Crippen LogP contribution in [0, 0.1) is 11.3 Å². The molecular weight excluding hydrogens is 394 g/mol. The summed E-state index contributed by atoms with van der Waals surface area (Å²) in [6, 6.07) is 2.04. The fraction of sp³-hybridized carbons (Fsp3) is 0.550. The van der Waals surface area contributed by atoms with E-state index >= 15 is 0 Å². The molecule has 0 aromatic rings. The van der Waals surface area contributed by atoms with Gasteiger partial charge in [-0.1, -0.05) is 13.5 Å². The molecule has 1 fully saturated rings. The first kappa shape index (κ1) is 25.1. The van der Waals surface area contributed by atoms with Crippen LogP contribution < -0.4 is 5.73 Å². The zero-order valence-electron chi connectivity index (χ0n) is 17.0. The van der Waals surface area contributed by atoms with Crippen molar-refractivity contribution in [2.45, 2.75) is 44.8 Å². The number of nitriles is 1. The quantitative estimate of drug-likeness (QED) is 0.354. The summed E-state index contributed by atoms with van der Waals surface area (Å²) in [5, 5.41) is 28.4. The number of nitrogens with two attached hydrogens (primary N) is 1. The minimum atomic E-state index is -3.64. The fourth-order valence-electron chi connectivity index (χ4n) is 2.55. The Labute approximate surface area is 173 Å². The average Bonchev–Trinajstić information content (AvgIpc) is 2.70. The number of ether oxygens (including phenoxy) is 1. The van der Waals surface area contributed by atoms with E-state index in [9.17, 15) is 13.5 Å². The van der Waals surface area contributed by atoms with E-state index in [-0.39, 0.29) is 19.7 Å². The molecule has 0 radical (unpaired) electrons. The summed E-state index contributed by atoms with van der Waals surface area (Å²) in [5.74, 6) is 0.502. The summed E-state index contributed by atoms with van der Waals surface area (Å²) in [6.45, 7) is 7.53. The third-order valence-corrected chi connectivity index (χ3v) is 6.13. The van der Waals surface area contributed by atoms with E-state index in [1.807, 2.05) is 19.1 Å². The summed E-state index contributed by atoms with van der Waals surface area (Å²) in [4.78, 5) is 0. The standard InChI is InChI=1S/C20H31N3O5S/c1-4-5-19(28-14-18(25)13-24)12-17(3)16(2)6-11-29(26,27)23-9-7-20(22,15-21)8-10-23/h5-6,11-12,18,24-25H,2,4,7-10,13-14,22H2,1,3H3/b11-6+,17-12-,19-5+/t18-/m1/s1. The van der Waals surface area contributed by atoms with Gasteiger partial charge in [-0.05, 0) is 55.6 Å². The Hall–Kier alpha value is -1.96. The highest BCUT2D eigenvalue weighted by atomic mass is 32.2. The van der Waals surface area contributed by atoms with E-state index in [4.69, 9.17) is 20.8 Å². The van der Waals surface area contributed by atoms with Crippen LogP contribution in [-0.2, 0) is 14.8 Å². The van der Waals surface area contributed by atoms with Gasteiger partial charge in [0, 0.05) is 18.5 Å². The third kappa shape index (κ3) is 8.12. The highest BCUT2D eigenvalue weighted by Gasteiger charge is 2.34. The lowest BCUT2D eigenvalue weighted by Gasteiger charge is -2.33. The zero-order chi connectivity index (χ0) is 22.1. The van der Waals surface area contributed by atoms with Gasteiger partial charge < -0.3 is 20.7 Å². The van der Waals surface area contributed by atoms with Crippen LogP contribution in [0.5, 0.6) is 0 Å². The van der Waals surface area contributed by atoms with Crippen molar-refractivity contribution in [1.82, 2.24) is 4.31 Å². The van der Waals surface area contributed by atoms with Crippen molar-refractivity contribution in [3.63, 3.8) is 0 Å². The number of hydrogen-bond donors (Lipinski definition) is 3. The number of aliphatic hydroxyl groups is 2. The van der Waals surface area contributed by atoms with Gasteiger partial charge in [0.1, 0.15) is 24.0 Å². The van der Waals surface area contributed by atoms with Gasteiger partial charge in [0.2, 0.25) is 10.0 Å². The monoisotopic (exact) mass is 425 g/mol. The Morgan fingerprint density at radius 3 is 2.59 bits per heavy atom. The summed E-state index contributed by atoms with van der Waals surface area (Å²) in [7, 11) is -3.64. The molecule has 1 aliphatic rings. The topological polar surface area (TPSA) is 137 Å². The maximum Gasteiger partial charge on any atom is 0.236 e. The van der Waals surface area contributed by atoms with Crippen LogP contribution in [0.25, 0.3) is 0 Å². The molecule has 0 bridgehead atoms. The van der Waals surface area contributed by atoms with Gasteiger partial charge in [0.25, 0.3) is 0 Å². The molecule has 0 spiro atoms. The van der Waals surface area contributed by atoms with Gasteiger partial charge in [-0.15, -0.1) is 0 Å². The van der Waals surface area contributed by atoms with Gasteiger partial charge in [0.15, 0.2) is 0 Å². The van der Waals surface area contributed by atoms with Crippen molar-refractivity contribution >= 4 is 10.0 Å². The van der Waals surface area contributed by atoms with E-state index in [2.05, 4.69) is 6.58 Å². The number of allylic oxidation sites excluding steroid dienone is 5. The van der Waals surface area contributed by atoms with Gasteiger partial charge in [-0.25, -0.2) is 8.42 Å². The first-order valence-corrected chi connectivity index (χ1v) is 10.9. The van der Waals surface area contributed by atoms with Crippen molar-refractivity contribution in [2.24, 2.45) is 5.73 Å². The van der Waals surface area contributed by atoms with Crippen molar-refractivity contribution < 1.29 is 23.4 Å². The minimum absolute atomic E-state index is 0.0525. The van der Waals surface area contributed by atoms with Crippen LogP contribution in [0.15, 0.2) is 47.1 Å². The van der Waals surface area contributed by atoms with Crippen molar-refractivity contribution in [3.8, 4) is 6.07 Å². The second-order valence-electron chi connectivity index (χ2n) is 7.03. The summed E-state index contributed by atoms with van der Waals surface area (Å²) in [6.07, 6.45) is 5.23. The smallest absolute Gasteiger partial charge is 0.236 e. The van der Waals surface area contributed by atoms with Crippen LogP contribution in [0.2, 0.25) is 0 Å². The zero-order valence-corrected chi connectivity index (χ0v) is 17.9. The average molecular weight is 426 g/mol. The van der Waals surface area contributed by atoms with Crippen LogP contribution in [0.3, 0.4) is 0 Å². The van der Waals surface area contributed by atoms with E-state index in [0.717, 1.165) is 5.41 Å². The predicted octanol–water partition coefficient (Wildman–Crippen LogP) is 1.31. The number of aliphatic hydroxyl groups excluding tert-OH is 2. The maximum absolute atomic E-state index is 12.5. The molecular formula is C20H31N3O5S. The van der Waals surface area contributed by atoms with Gasteiger partial charge in [-0.2, -0.15) is 9.57 Å². The molecule has 0 unspecified atom stereocenters. The number of rotatable bonds is 10. The lowest BCUT2D eigenvalue weighted by atomic mass is 9.91. The molecule has 0 aliphatic carbocycles. The molecule has 0 aromatic carbocycles. The van der Waals surface area contributed by atoms with Crippen molar-refractivity contribution in [3.05, 3.63) is 47.1 Å². The second-order valence-corrected chi connectivity index (χ2v) is 8.85. The molecule has 1 aliphatic heterocycles. The molecule has 162 valence electrons. The molecule has 1 rings (SSSR count). The molecule has 1 atom stereocenters. The van der Waals surface area contributed by atoms with Gasteiger partial charge in [0.05, 0.1) is 12.7 Å². The predicted molar refractivity (Wildman–Crippen MR) is 112 cm³/mol. The Morgan fingerprint density at radius 2 is 2.07 bits per heavy atom. The summed E-state index contributed by atoms with van der Waals surface area (Å²) in [5.41, 5.74) is 6.10. The van der Waals surface area contributed by atoms with Gasteiger partial charge in [-0.3, -0.25) is 0 Å². The number of nitrogens with zero attached hydrogens (tertiary/aromatic N) is 2. The summed E-state index contributed by atoms with van der Waals surface area (Å²) < 4.78 is 31.8. The highest BCUT2D eigenvalue weighted by molar-refractivity contribution is 7.92. The van der Waals surface area contributed by atoms with Crippen molar-refractivity contribution in [2.75, 3.05) is 26.3 Å². The normalized spacial score (nSPS) is 19.7. The number of hydrogen-bond acceptors (Lipinski definition) is 7. The Balaban J connectivity index is 2.79. The molecule has 0 aromatic heterocycles. The van der Waals surface area contributed by atoms with Gasteiger partial charge >= 0.3 is 0 Å². The first-order chi connectivity index (χ1) is 13.6. The molecule has 8 nitrogen and oxygen atoms in total. The van der Waals surface area contributed by atoms with Crippen molar-refractivity contribution in [1.29, 1.82) is 5.26 Å². The lowest BCUT2D eigenvalue weighted by Crippen LogP contribution is -2.50. The molecule has 1 saturated heterocycles. The molecule has 0 amide bonds. The molecule has 9 heteroatoms. The summed E-state index contributed by atoms with van der Waals surface area (Å²) >= 11 is 0. The van der Waals surface area contributed by atoms with E-state index in [0.29, 0.717) is 36.2 Å². The Morgan fingerprint density at radius 1 is 1.45 bits per heavy atom. The molecule has 0 saturated carbocycles. The number of sulfonamides is 1. The Bertz CT molecular complexity index is 800. The SMILES string of the molecule is C=C(/C=C/S(=O)(=O)N1CCC(N)(C#N)CC1)/C(C)=C\C(=C/CC)OC[C@H](O)CO. The van der Waals surface area contributed by atoms with Crippen LogP contribution in [0.4, 0.5) is 0 Å². The lowest BCUT2D eigenvalue weighted by molar-refractivity contribution is 0.0327. The fourth-order valence-corrected chi connectivity index (χ4v) is 3.75. The van der Waals surface area contributed by atoms with E-state index in [1.165, 1.54) is 10.4 Å². The van der Waals surface area contributed by atoms with E-state index < -0.39 is 28.3 Å². The maximum atomic E-state index is 12.5. The second kappa shape index (κ2) is 11.3. The highest BCUT2D eigenvalue weighted by Crippen LogP contribution is 2.22. The molecule has 29 heavy (non-hydrogen) atoms. The largest absolute Gasteiger partial charge is 0.491 e. The number of piperidine rings is 1. The van der Waals surface area contributed by atoms with Crippen LogP contribution >= 0.6 is 0 Å². The molecule has 4 N–H and O–H groups in total. The van der Waals surface area contributed by atoms with E-state index in [1.54, 1.807) is 13.0 Å². The Kier molecular flexibility index (Phi) is 9.76. The minimum Gasteiger partial charge on any atom is -0.491 e.